The molecule has 0 aromatic rings. The first kappa shape index (κ1) is 8.22. The van der Waals surface area contributed by atoms with E-state index in [-0.39, 0.29) is 19.5 Å². The highest BCUT2D eigenvalue weighted by Gasteiger charge is 2.15. The summed E-state index contributed by atoms with van der Waals surface area (Å²) in [5.74, 6) is 0. The van der Waals surface area contributed by atoms with Crippen LogP contribution in [0.15, 0.2) is 0 Å². The molecule has 6 heteroatoms. The summed E-state index contributed by atoms with van der Waals surface area (Å²) >= 11 is 0. The van der Waals surface area contributed by atoms with Gasteiger partial charge in [-0.2, -0.15) is 0 Å². The van der Waals surface area contributed by atoms with E-state index < -0.39 is 5.09 Å². The van der Waals surface area contributed by atoms with E-state index in [4.69, 9.17) is 9.47 Å². The summed E-state index contributed by atoms with van der Waals surface area (Å²) in [5, 5.41) is 8.92. The van der Waals surface area contributed by atoms with Crippen molar-refractivity contribution < 1.29 is 19.4 Å². The maximum atomic E-state index is 9.74. The summed E-state index contributed by atoms with van der Waals surface area (Å²) in [7, 11) is 0. The Bertz CT molecular complexity index is 133. The van der Waals surface area contributed by atoms with Crippen LogP contribution in [0, 0.1) is 10.1 Å². The third-order valence-corrected chi connectivity index (χ3v) is 1.34. The first-order valence-corrected chi connectivity index (χ1v) is 3.25. The van der Waals surface area contributed by atoms with Gasteiger partial charge in [0.1, 0.15) is 13.4 Å². The Balaban J connectivity index is 2.09. The van der Waals surface area contributed by atoms with E-state index in [0.717, 1.165) is 0 Å². The molecule has 0 bridgehead atoms. The molecule has 1 rings (SSSR count). The van der Waals surface area contributed by atoms with Crippen molar-refractivity contribution in [3.8, 4) is 0 Å². The molecule has 1 atom stereocenters. The van der Waals surface area contributed by atoms with E-state index >= 15 is 0 Å². The highest BCUT2D eigenvalue weighted by molar-refractivity contribution is 4.56. The largest absolute Gasteiger partial charge is 0.355 e. The standard InChI is InChI=1S/C5H9NO5/c7-6(8)11-3-5-1-2-9-4-10-5/h5H,1-4H2. The molecule has 1 unspecified atom stereocenters. The molecule has 1 aliphatic rings. The van der Waals surface area contributed by atoms with Crippen molar-refractivity contribution in [3.63, 3.8) is 0 Å². The number of rotatable bonds is 3. The first-order chi connectivity index (χ1) is 5.29. The summed E-state index contributed by atoms with van der Waals surface area (Å²) in [6, 6.07) is 0. The molecule has 0 radical (unpaired) electrons. The molecule has 0 amide bonds. The molecule has 1 heterocycles. The van der Waals surface area contributed by atoms with Crippen molar-refractivity contribution in [2.45, 2.75) is 12.5 Å². The SMILES string of the molecule is O=[N+]([O-])OCC1CCOCO1. The van der Waals surface area contributed by atoms with Gasteiger partial charge < -0.3 is 14.3 Å². The summed E-state index contributed by atoms with van der Waals surface area (Å²) in [5.41, 5.74) is 0. The van der Waals surface area contributed by atoms with Crippen LogP contribution >= 0.6 is 0 Å². The molecule has 11 heavy (non-hydrogen) atoms. The lowest BCUT2D eigenvalue weighted by Gasteiger charge is -2.21. The molecule has 1 saturated heterocycles. The van der Waals surface area contributed by atoms with Gasteiger partial charge in [0.2, 0.25) is 0 Å². The minimum atomic E-state index is -0.821. The van der Waals surface area contributed by atoms with Gasteiger partial charge in [0, 0.05) is 0 Å². The predicted molar refractivity (Wildman–Crippen MR) is 33.3 cm³/mol. The van der Waals surface area contributed by atoms with Crippen LogP contribution in [0.25, 0.3) is 0 Å². The van der Waals surface area contributed by atoms with Gasteiger partial charge in [0.25, 0.3) is 5.09 Å². The molecule has 0 N–H and O–H groups in total. The normalized spacial score (nSPS) is 24.5. The van der Waals surface area contributed by atoms with Crippen LogP contribution in [0.5, 0.6) is 0 Å². The summed E-state index contributed by atoms with van der Waals surface area (Å²) in [6.07, 6.45) is 0.447. The number of nitrogens with zero attached hydrogens (tertiary/aromatic N) is 1. The van der Waals surface area contributed by atoms with Crippen LogP contribution in [0.2, 0.25) is 0 Å². The van der Waals surface area contributed by atoms with Crippen molar-refractivity contribution in [2.75, 3.05) is 20.0 Å². The van der Waals surface area contributed by atoms with Crippen LogP contribution < -0.4 is 0 Å². The maximum Gasteiger partial charge on any atom is 0.294 e. The third-order valence-electron chi connectivity index (χ3n) is 1.34. The average molecular weight is 163 g/mol. The van der Waals surface area contributed by atoms with E-state index in [9.17, 15) is 10.1 Å². The smallest absolute Gasteiger partial charge is 0.294 e. The van der Waals surface area contributed by atoms with Crippen LogP contribution in [-0.2, 0) is 14.3 Å². The predicted octanol–water partition coefficient (Wildman–Crippen LogP) is -0.0423. The molecular formula is C5H9NO5. The molecule has 64 valence electrons. The molecule has 6 nitrogen and oxygen atoms in total. The molecular weight excluding hydrogens is 154 g/mol. The maximum absolute atomic E-state index is 9.74. The molecule has 0 saturated carbocycles. The Labute approximate surface area is 63.1 Å². The fraction of sp³-hybridized carbons (Fsp3) is 1.00. The lowest BCUT2D eigenvalue weighted by Crippen LogP contribution is -2.28. The van der Waals surface area contributed by atoms with E-state index in [2.05, 4.69) is 4.84 Å². The lowest BCUT2D eigenvalue weighted by molar-refractivity contribution is -0.759. The number of ether oxygens (including phenoxy) is 2. The molecule has 0 aromatic carbocycles. The Morgan fingerprint density at radius 1 is 1.73 bits per heavy atom. The Hall–Kier alpha value is -0.880. The summed E-state index contributed by atoms with van der Waals surface area (Å²) in [4.78, 5) is 13.9. The van der Waals surface area contributed by atoms with Crippen molar-refractivity contribution in [2.24, 2.45) is 0 Å². The fourth-order valence-corrected chi connectivity index (χ4v) is 0.777. The second-order valence-corrected chi connectivity index (χ2v) is 2.12. The lowest BCUT2D eigenvalue weighted by atomic mass is 10.3. The van der Waals surface area contributed by atoms with Gasteiger partial charge in [0.05, 0.1) is 12.7 Å². The minimum absolute atomic E-state index is 0.00361. The van der Waals surface area contributed by atoms with Crippen LogP contribution in [0.3, 0.4) is 0 Å². The van der Waals surface area contributed by atoms with Gasteiger partial charge in [-0.25, -0.2) is 0 Å². The zero-order chi connectivity index (χ0) is 8.10. The molecule has 0 aliphatic carbocycles. The number of hydrogen-bond donors (Lipinski definition) is 0. The van der Waals surface area contributed by atoms with E-state index in [1.807, 2.05) is 0 Å². The third kappa shape index (κ3) is 3.15. The van der Waals surface area contributed by atoms with Crippen molar-refractivity contribution in [1.82, 2.24) is 0 Å². The van der Waals surface area contributed by atoms with Gasteiger partial charge in [-0.1, -0.05) is 0 Å². The van der Waals surface area contributed by atoms with Crippen LogP contribution in [0.4, 0.5) is 0 Å². The van der Waals surface area contributed by atoms with Crippen molar-refractivity contribution in [3.05, 3.63) is 10.1 Å². The Morgan fingerprint density at radius 2 is 2.55 bits per heavy atom. The van der Waals surface area contributed by atoms with Crippen LogP contribution in [-0.4, -0.2) is 31.2 Å². The quantitative estimate of drug-likeness (QED) is 0.431. The van der Waals surface area contributed by atoms with E-state index in [1.165, 1.54) is 0 Å². The fourth-order valence-electron chi connectivity index (χ4n) is 0.777. The minimum Gasteiger partial charge on any atom is -0.355 e. The highest BCUT2D eigenvalue weighted by atomic mass is 17.0. The van der Waals surface area contributed by atoms with Crippen LogP contribution in [0.1, 0.15) is 6.42 Å². The van der Waals surface area contributed by atoms with Crippen molar-refractivity contribution >= 4 is 0 Å². The first-order valence-electron chi connectivity index (χ1n) is 3.25. The van der Waals surface area contributed by atoms with Gasteiger partial charge in [-0.05, 0) is 6.42 Å². The summed E-state index contributed by atoms with van der Waals surface area (Å²) in [6.45, 7) is 0.772. The zero-order valence-corrected chi connectivity index (χ0v) is 5.89. The van der Waals surface area contributed by atoms with Gasteiger partial charge in [-0.15, -0.1) is 10.1 Å². The summed E-state index contributed by atoms with van der Waals surface area (Å²) < 4.78 is 9.84. The van der Waals surface area contributed by atoms with E-state index in [0.29, 0.717) is 13.0 Å². The Morgan fingerprint density at radius 3 is 3.09 bits per heavy atom. The Kier molecular flexibility index (Phi) is 3.06. The molecule has 1 fully saturated rings. The molecule has 0 aromatic heterocycles. The van der Waals surface area contributed by atoms with Crippen molar-refractivity contribution in [1.29, 1.82) is 0 Å². The molecule has 1 aliphatic heterocycles. The topological polar surface area (TPSA) is 70.8 Å². The second-order valence-electron chi connectivity index (χ2n) is 2.12. The zero-order valence-electron chi connectivity index (χ0n) is 5.89. The second kappa shape index (κ2) is 4.09. The van der Waals surface area contributed by atoms with Gasteiger partial charge in [-0.3, -0.25) is 0 Å². The monoisotopic (exact) mass is 163 g/mol. The highest BCUT2D eigenvalue weighted by Crippen LogP contribution is 2.05. The van der Waals surface area contributed by atoms with Gasteiger partial charge in [0.15, 0.2) is 0 Å². The van der Waals surface area contributed by atoms with E-state index in [1.54, 1.807) is 0 Å². The van der Waals surface area contributed by atoms with Gasteiger partial charge >= 0.3 is 0 Å². The average Bonchev–Trinajstić information content (AvgIpc) is 2.03. The number of hydrogen-bond acceptors (Lipinski definition) is 5. The molecule has 0 spiro atoms.